The lowest BCUT2D eigenvalue weighted by molar-refractivity contribution is 0.413. The summed E-state index contributed by atoms with van der Waals surface area (Å²) < 4.78 is 0. The Hall–Kier alpha value is -0.450. The van der Waals surface area contributed by atoms with E-state index in [9.17, 15) is 0 Å². The van der Waals surface area contributed by atoms with Crippen molar-refractivity contribution in [2.24, 2.45) is 0 Å². The molecule has 1 atom stereocenters. The second kappa shape index (κ2) is 6.20. The zero-order valence-corrected chi connectivity index (χ0v) is 10.9. The molecule has 1 heterocycles. The van der Waals surface area contributed by atoms with Crippen molar-refractivity contribution >= 4 is 11.3 Å². The maximum absolute atomic E-state index is 4.65. The van der Waals surface area contributed by atoms with E-state index >= 15 is 0 Å². The van der Waals surface area contributed by atoms with E-state index < -0.39 is 0 Å². The molecule has 0 fully saturated rings. The summed E-state index contributed by atoms with van der Waals surface area (Å²) in [4.78, 5) is 6.84. The van der Waals surface area contributed by atoms with Gasteiger partial charge in [-0.3, -0.25) is 0 Å². The van der Waals surface area contributed by atoms with E-state index in [1.807, 2.05) is 7.05 Å². The first-order valence-corrected chi connectivity index (χ1v) is 6.31. The van der Waals surface area contributed by atoms with Gasteiger partial charge in [0.05, 0.1) is 10.7 Å². The molecule has 0 saturated carbocycles. The van der Waals surface area contributed by atoms with Crippen molar-refractivity contribution in [3.8, 4) is 0 Å². The van der Waals surface area contributed by atoms with Gasteiger partial charge in [-0.1, -0.05) is 6.92 Å². The molecular weight excluding hydrogens is 206 g/mol. The SMILES string of the molecule is CCC(NC)c1csc(CCN(C)C)n1. The lowest BCUT2D eigenvalue weighted by atomic mass is 10.2. The van der Waals surface area contributed by atoms with Crippen LogP contribution in [0.15, 0.2) is 5.38 Å². The minimum atomic E-state index is 0.411. The monoisotopic (exact) mass is 227 g/mol. The van der Waals surface area contributed by atoms with Crippen LogP contribution in [-0.2, 0) is 6.42 Å². The second-order valence-corrected chi connectivity index (χ2v) is 4.91. The minimum Gasteiger partial charge on any atom is -0.312 e. The summed E-state index contributed by atoms with van der Waals surface area (Å²) in [7, 11) is 6.18. The normalized spacial score (nSPS) is 13.4. The maximum Gasteiger partial charge on any atom is 0.0941 e. The topological polar surface area (TPSA) is 28.2 Å². The molecule has 15 heavy (non-hydrogen) atoms. The number of hydrogen-bond donors (Lipinski definition) is 1. The van der Waals surface area contributed by atoms with Crippen molar-refractivity contribution in [2.45, 2.75) is 25.8 Å². The molecule has 0 aliphatic rings. The number of thiazole rings is 1. The molecule has 1 N–H and O–H groups in total. The van der Waals surface area contributed by atoms with Crippen molar-refractivity contribution in [3.63, 3.8) is 0 Å². The van der Waals surface area contributed by atoms with Gasteiger partial charge in [0.2, 0.25) is 0 Å². The van der Waals surface area contributed by atoms with Crippen LogP contribution >= 0.6 is 11.3 Å². The zero-order valence-electron chi connectivity index (χ0n) is 10.1. The molecule has 0 spiro atoms. The number of nitrogens with zero attached hydrogens (tertiary/aromatic N) is 2. The van der Waals surface area contributed by atoms with Gasteiger partial charge in [0.15, 0.2) is 0 Å². The Kier molecular flexibility index (Phi) is 5.22. The summed E-state index contributed by atoms with van der Waals surface area (Å²) in [6.07, 6.45) is 2.14. The molecule has 0 bridgehead atoms. The lowest BCUT2D eigenvalue weighted by Crippen LogP contribution is -2.16. The molecule has 0 saturated heterocycles. The number of aromatic nitrogens is 1. The van der Waals surface area contributed by atoms with E-state index in [0.29, 0.717) is 6.04 Å². The first kappa shape index (κ1) is 12.6. The van der Waals surface area contributed by atoms with E-state index in [1.54, 1.807) is 11.3 Å². The molecule has 4 heteroatoms. The van der Waals surface area contributed by atoms with E-state index in [0.717, 1.165) is 19.4 Å². The highest BCUT2D eigenvalue weighted by Gasteiger charge is 2.10. The highest BCUT2D eigenvalue weighted by atomic mass is 32.1. The van der Waals surface area contributed by atoms with Gasteiger partial charge in [-0.05, 0) is 27.6 Å². The van der Waals surface area contributed by atoms with E-state index in [1.165, 1.54) is 10.7 Å². The largest absolute Gasteiger partial charge is 0.312 e. The first-order valence-electron chi connectivity index (χ1n) is 5.43. The van der Waals surface area contributed by atoms with Gasteiger partial charge in [-0.15, -0.1) is 11.3 Å². The standard InChI is InChI=1S/C11H21N3S/c1-5-9(12-2)10-8-15-11(13-10)6-7-14(3)4/h8-9,12H,5-7H2,1-4H3. The van der Waals surface area contributed by atoms with Crippen LogP contribution in [0.2, 0.25) is 0 Å². The molecule has 0 aliphatic heterocycles. The maximum atomic E-state index is 4.65. The summed E-state index contributed by atoms with van der Waals surface area (Å²) in [6.45, 7) is 3.25. The fraction of sp³-hybridized carbons (Fsp3) is 0.727. The Balaban J connectivity index is 2.55. The first-order chi connectivity index (χ1) is 7.17. The Bertz CT molecular complexity index is 279. The molecule has 0 aliphatic carbocycles. The van der Waals surface area contributed by atoms with E-state index in [2.05, 4.69) is 41.6 Å². The fourth-order valence-corrected chi connectivity index (χ4v) is 2.32. The van der Waals surface area contributed by atoms with Gasteiger partial charge >= 0.3 is 0 Å². The smallest absolute Gasteiger partial charge is 0.0941 e. The molecule has 0 aromatic carbocycles. The van der Waals surface area contributed by atoms with Crippen LogP contribution in [0.5, 0.6) is 0 Å². The third-order valence-corrected chi connectivity index (χ3v) is 3.38. The van der Waals surface area contributed by atoms with Crippen molar-refractivity contribution in [1.82, 2.24) is 15.2 Å². The molecule has 1 unspecified atom stereocenters. The van der Waals surface area contributed by atoms with Crippen LogP contribution in [0.25, 0.3) is 0 Å². The van der Waals surface area contributed by atoms with E-state index in [4.69, 9.17) is 0 Å². The number of rotatable bonds is 6. The summed E-state index contributed by atoms with van der Waals surface area (Å²) in [5.41, 5.74) is 1.19. The third kappa shape index (κ3) is 3.89. The van der Waals surface area contributed by atoms with Crippen molar-refractivity contribution < 1.29 is 0 Å². The Morgan fingerprint density at radius 2 is 2.27 bits per heavy atom. The van der Waals surface area contributed by atoms with Crippen molar-refractivity contribution in [2.75, 3.05) is 27.7 Å². The second-order valence-electron chi connectivity index (χ2n) is 3.97. The van der Waals surface area contributed by atoms with Crippen LogP contribution in [0.4, 0.5) is 0 Å². The molecule has 3 nitrogen and oxygen atoms in total. The molecule has 0 amide bonds. The predicted octanol–water partition coefficient (Wildman–Crippen LogP) is 1.92. The summed E-state index contributed by atoms with van der Waals surface area (Å²) in [5, 5.41) is 6.70. The molecule has 0 radical (unpaired) electrons. The molecular formula is C11H21N3S. The Morgan fingerprint density at radius 1 is 1.53 bits per heavy atom. The van der Waals surface area contributed by atoms with Crippen molar-refractivity contribution in [1.29, 1.82) is 0 Å². The van der Waals surface area contributed by atoms with Crippen LogP contribution in [0.3, 0.4) is 0 Å². The van der Waals surface area contributed by atoms with E-state index in [-0.39, 0.29) is 0 Å². The number of likely N-dealkylation sites (N-methyl/N-ethyl adjacent to an activating group) is 1. The van der Waals surface area contributed by atoms with Crippen LogP contribution in [0.1, 0.15) is 30.1 Å². The van der Waals surface area contributed by atoms with Gasteiger partial charge < -0.3 is 10.2 Å². The summed E-state index contributed by atoms with van der Waals surface area (Å²) in [6, 6.07) is 0.411. The molecule has 1 rings (SSSR count). The molecule has 86 valence electrons. The Morgan fingerprint density at radius 3 is 2.80 bits per heavy atom. The van der Waals surface area contributed by atoms with Crippen molar-refractivity contribution in [3.05, 3.63) is 16.1 Å². The van der Waals surface area contributed by atoms with Gasteiger partial charge in [0, 0.05) is 24.4 Å². The summed E-state index contributed by atoms with van der Waals surface area (Å²) >= 11 is 1.77. The Labute approximate surface area is 96.5 Å². The average molecular weight is 227 g/mol. The lowest BCUT2D eigenvalue weighted by Gasteiger charge is -2.10. The fourth-order valence-electron chi connectivity index (χ4n) is 1.48. The predicted molar refractivity (Wildman–Crippen MR) is 66.5 cm³/mol. The third-order valence-electron chi connectivity index (χ3n) is 2.46. The van der Waals surface area contributed by atoms with Crippen LogP contribution in [-0.4, -0.2) is 37.6 Å². The van der Waals surface area contributed by atoms with Crippen LogP contribution in [0, 0.1) is 0 Å². The van der Waals surface area contributed by atoms with Gasteiger partial charge in [0.25, 0.3) is 0 Å². The quantitative estimate of drug-likeness (QED) is 0.805. The average Bonchev–Trinajstić information content (AvgIpc) is 2.65. The van der Waals surface area contributed by atoms with Crippen LogP contribution < -0.4 is 5.32 Å². The number of hydrogen-bond acceptors (Lipinski definition) is 4. The van der Waals surface area contributed by atoms with Gasteiger partial charge in [-0.25, -0.2) is 4.98 Å². The van der Waals surface area contributed by atoms with Gasteiger partial charge in [-0.2, -0.15) is 0 Å². The zero-order chi connectivity index (χ0) is 11.3. The minimum absolute atomic E-state index is 0.411. The highest BCUT2D eigenvalue weighted by molar-refractivity contribution is 7.09. The number of nitrogens with one attached hydrogen (secondary N) is 1. The molecule has 1 aromatic heterocycles. The van der Waals surface area contributed by atoms with Gasteiger partial charge in [0.1, 0.15) is 0 Å². The summed E-state index contributed by atoms with van der Waals surface area (Å²) in [5.74, 6) is 0. The molecule has 1 aromatic rings. The highest BCUT2D eigenvalue weighted by Crippen LogP contribution is 2.19.